The molecule has 0 heterocycles. The van der Waals surface area contributed by atoms with Crippen LogP contribution < -0.4 is 5.32 Å². The van der Waals surface area contributed by atoms with Crippen molar-refractivity contribution < 1.29 is 0 Å². The fourth-order valence-corrected chi connectivity index (χ4v) is 2.08. The molecule has 0 aromatic heterocycles. The Balaban J connectivity index is 2.14. The van der Waals surface area contributed by atoms with E-state index >= 15 is 0 Å². The molecule has 2 nitrogen and oxygen atoms in total. The van der Waals surface area contributed by atoms with Crippen molar-refractivity contribution in [2.45, 2.75) is 45.7 Å². The van der Waals surface area contributed by atoms with Gasteiger partial charge in [0.15, 0.2) is 0 Å². The summed E-state index contributed by atoms with van der Waals surface area (Å²) in [5.74, 6) is 0. The van der Waals surface area contributed by atoms with Gasteiger partial charge in [-0.1, -0.05) is 23.7 Å². The van der Waals surface area contributed by atoms with E-state index in [-0.39, 0.29) is 5.54 Å². The summed E-state index contributed by atoms with van der Waals surface area (Å²) in [6.45, 7) is 9.84. The molecule has 1 N–H and O–H groups in total. The summed E-state index contributed by atoms with van der Waals surface area (Å²) in [7, 11) is 2.17. The van der Waals surface area contributed by atoms with E-state index in [0.29, 0.717) is 0 Å². The molecule has 0 atom stereocenters. The van der Waals surface area contributed by atoms with Crippen molar-refractivity contribution >= 4 is 11.6 Å². The smallest absolute Gasteiger partial charge is 0.0406 e. The number of nitrogens with one attached hydrogen (secondary N) is 1. The molecular formula is C16H27ClN2. The average Bonchev–Trinajstić information content (AvgIpc) is 2.30. The van der Waals surface area contributed by atoms with Crippen LogP contribution in [0.3, 0.4) is 0 Å². The van der Waals surface area contributed by atoms with Crippen LogP contribution in [0.15, 0.2) is 24.3 Å². The maximum atomic E-state index is 5.88. The first-order valence-electron chi connectivity index (χ1n) is 7.05. The summed E-state index contributed by atoms with van der Waals surface area (Å²) in [5.41, 5.74) is 1.55. The first kappa shape index (κ1) is 16.5. The van der Waals surface area contributed by atoms with Crippen LogP contribution >= 0.6 is 11.6 Å². The van der Waals surface area contributed by atoms with E-state index in [1.165, 1.54) is 18.4 Å². The zero-order valence-electron chi connectivity index (χ0n) is 12.7. The van der Waals surface area contributed by atoms with Gasteiger partial charge >= 0.3 is 0 Å². The largest absolute Gasteiger partial charge is 0.312 e. The Labute approximate surface area is 123 Å². The van der Waals surface area contributed by atoms with Gasteiger partial charge in [-0.25, -0.2) is 0 Å². The fraction of sp³-hybridized carbons (Fsp3) is 0.625. The van der Waals surface area contributed by atoms with E-state index in [9.17, 15) is 0 Å². The van der Waals surface area contributed by atoms with Gasteiger partial charge < -0.3 is 10.2 Å². The van der Waals surface area contributed by atoms with Gasteiger partial charge in [-0.3, -0.25) is 0 Å². The molecule has 0 saturated heterocycles. The van der Waals surface area contributed by atoms with Crippen LogP contribution in [0.1, 0.15) is 39.2 Å². The molecule has 0 saturated carbocycles. The topological polar surface area (TPSA) is 15.3 Å². The number of nitrogens with zero attached hydrogens (tertiary/aromatic N) is 1. The third-order valence-corrected chi connectivity index (χ3v) is 3.24. The van der Waals surface area contributed by atoms with Crippen LogP contribution in [-0.2, 0) is 6.54 Å². The molecule has 1 rings (SSSR count). The van der Waals surface area contributed by atoms with Crippen LogP contribution in [0.4, 0.5) is 0 Å². The highest BCUT2D eigenvalue weighted by Crippen LogP contribution is 2.11. The molecule has 0 aliphatic carbocycles. The Hall–Kier alpha value is -0.570. The van der Waals surface area contributed by atoms with Crippen molar-refractivity contribution in [1.29, 1.82) is 0 Å². The van der Waals surface area contributed by atoms with Gasteiger partial charge in [0, 0.05) is 17.1 Å². The van der Waals surface area contributed by atoms with Gasteiger partial charge in [0.1, 0.15) is 0 Å². The summed E-state index contributed by atoms with van der Waals surface area (Å²) in [5, 5.41) is 4.32. The molecule has 0 unspecified atom stereocenters. The Bertz CT molecular complexity index is 354. The molecule has 0 radical (unpaired) electrons. The van der Waals surface area contributed by atoms with Crippen LogP contribution in [0, 0.1) is 0 Å². The summed E-state index contributed by atoms with van der Waals surface area (Å²) < 4.78 is 0. The number of hydrogen-bond donors (Lipinski definition) is 1. The van der Waals surface area contributed by atoms with E-state index in [1.54, 1.807) is 0 Å². The lowest BCUT2D eigenvalue weighted by atomic mass is 10.1. The minimum atomic E-state index is 0.231. The van der Waals surface area contributed by atoms with Crippen LogP contribution in [0.25, 0.3) is 0 Å². The molecule has 0 amide bonds. The second kappa shape index (κ2) is 7.88. The number of unbranched alkanes of at least 4 members (excludes halogenated alkanes) is 1. The molecule has 0 fully saturated rings. The SMILES string of the molecule is CN(CCCCNC(C)(C)C)Cc1ccc(Cl)cc1. The quantitative estimate of drug-likeness (QED) is 0.762. The normalized spacial score (nSPS) is 12.1. The van der Waals surface area contributed by atoms with Crippen LogP contribution in [0.2, 0.25) is 5.02 Å². The Morgan fingerprint density at radius 1 is 1.11 bits per heavy atom. The van der Waals surface area contributed by atoms with Crippen molar-refractivity contribution in [1.82, 2.24) is 10.2 Å². The predicted molar refractivity (Wildman–Crippen MR) is 84.8 cm³/mol. The molecule has 0 spiro atoms. The summed E-state index contributed by atoms with van der Waals surface area (Å²) >= 11 is 5.88. The maximum Gasteiger partial charge on any atom is 0.0406 e. The molecule has 0 aliphatic rings. The monoisotopic (exact) mass is 282 g/mol. The standard InChI is InChI=1S/C16H27ClN2/c1-16(2,3)18-11-5-6-12-19(4)13-14-7-9-15(17)10-8-14/h7-10,18H,5-6,11-13H2,1-4H3. The molecule has 19 heavy (non-hydrogen) atoms. The minimum Gasteiger partial charge on any atom is -0.312 e. The minimum absolute atomic E-state index is 0.231. The summed E-state index contributed by atoms with van der Waals surface area (Å²) in [4.78, 5) is 2.36. The lowest BCUT2D eigenvalue weighted by Crippen LogP contribution is -2.36. The molecule has 0 aliphatic heterocycles. The van der Waals surface area contributed by atoms with Crippen molar-refractivity contribution in [2.75, 3.05) is 20.1 Å². The van der Waals surface area contributed by atoms with Crippen molar-refractivity contribution in [2.24, 2.45) is 0 Å². The lowest BCUT2D eigenvalue weighted by molar-refractivity contribution is 0.313. The van der Waals surface area contributed by atoms with Gasteiger partial charge in [0.2, 0.25) is 0 Å². The number of hydrogen-bond acceptors (Lipinski definition) is 2. The molecule has 1 aromatic carbocycles. The fourth-order valence-electron chi connectivity index (χ4n) is 1.95. The van der Waals surface area contributed by atoms with E-state index < -0.39 is 0 Å². The zero-order chi connectivity index (χ0) is 14.3. The van der Waals surface area contributed by atoms with Gasteiger partial charge in [-0.05, 0) is 71.4 Å². The highest BCUT2D eigenvalue weighted by Gasteiger charge is 2.07. The molecule has 1 aromatic rings. The van der Waals surface area contributed by atoms with Crippen molar-refractivity contribution in [3.63, 3.8) is 0 Å². The van der Waals surface area contributed by atoms with E-state index in [2.05, 4.69) is 50.2 Å². The third kappa shape index (κ3) is 8.25. The van der Waals surface area contributed by atoms with E-state index in [1.807, 2.05) is 12.1 Å². The molecule has 0 bridgehead atoms. The van der Waals surface area contributed by atoms with E-state index in [4.69, 9.17) is 11.6 Å². The summed E-state index contributed by atoms with van der Waals surface area (Å²) in [6.07, 6.45) is 2.45. The Morgan fingerprint density at radius 2 is 1.74 bits per heavy atom. The number of rotatable bonds is 7. The lowest BCUT2D eigenvalue weighted by Gasteiger charge is -2.21. The van der Waals surface area contributed by atoms with Gasteiger partial charge in [-0.2, -0.15) is 0 Å². The van der Waals surface area contributed by atoms with Crippen molar-refractivity contribution in [3.05, 3.63) is 34.9 Å². The Kier molecular flexibility index (Phi) is 6.84. The van der Waals surface area contributed by atoms with Gasteiger partial charge in [0.25, 0.3) is 0 Å². The van der Waals surface area contributed by atoms with Gasteiger partial charge in [0.05, 0.1) is 0 Å². The number of halogens is 1. The summed E-state index contributed by atoms with van der Waals surface area (Å²) in [6, 6.07) is 8.11. The van der Waals surface area contributed by atoms with E-state index in [0.717, 1.165) is 24.7 Å². The van der Waals surface area contributed by atoms with Crippen LogP contribution in [-0.4, -0.2) is 30.6 Å². The third-order valence-electron chi connectivity index (χ3n) is 2.99. The Morgan fingerprint density at radius 3 is 2.32 bits per heavy atom. The first-order valence-corrected chi connectivity index (χ1v) is 7.43. The number of benzene rings is 1. The predicted octanol–water partition coefficient (Wildman–Crippen LogP) is 3.94. The molecule has 108 valence electrons. The highest BCUT2D eigenvalue weighted by molar-refractivity contribution is 6.30. The highest BCUT2D eigenvalue weighted by atomic mass is 35.5. The van der Waals surface area contributed by atoms with Crippen molar-refractivity contribution in [3.8, 4) is 0 Å². The zero-order valence-corrected chi connectivity index (χ0v) is 13.4. The van der Waals surface area contributed by atoms with Crippen LogP contribution in [0.5, 0.6) is 0 Å². The molecular weight excluding hydrogens is 256 g/mol. The molecule has 3 heteroatoms. The van der Waals surface area contributed by atoms with Gasteiger partial charge in [-0.15, -0.1) is 0 Å². The first-order chi connectivity index (χ1) is 8.87. The second-order valence-corrected chi connectivity index (χ2v) is 6.68. The maximum absolute atomic E-state index is 5.88. The second-order valence-electron chi connectivity index (χ2n) is 6.25. The average molecular weight is 283 g/mol.